The van der Waals surface area contributed by atoms with Crippen molar-refractivity contribution in [3.05, 3.63) is 92.3 Å². The van der Waals surface area contributed by atoms with Crippen LogP contribution >= 0.6 is 19.2 Å². The van der Waals surface area contributed by atoms with Crippen molar-refractivity contribution in [3.63, 3.8) is 0 Å². The van der Waals surface area contributed by atoms with Crippen LogP contribution in [0.2, 0.25) is 0 Å². The first-order valence-corrected chi connectivity index (χ1v) is 30.2. The summed E-state index contributed by atoms with van der Waals surface area (Å²) in [5.74, 6) is 0.544. The number of benzene rings is 1. The fraction of sp³-hybridized carbons (Fsp3) is 0.596. The third-order valence-electron chi connectivity index (χ3n) is 17.8. The maximum Gasteiger partial charge on any atom is 0.470 e. The van der Waals surface area contributed by atoms with E-state index in [0.717, 1.165) is 112 Å². The highest BCUT2D eigenvalue weighted by Gasteiger charge is 2.45. The minimum absolute atomic E-state index is 0.0591. The molecule has 4 fully saturated rings. The molecule has 0 radical (unpaired) electrons. The molecular weight excluding hydrogens is 1020 g/mol. The van der Waals surface area contributed by atoms with E-state index in [0.29, 0.717) is 55.2 Å². The lowest BCUT2D eigenvalue weighted by atomic mass is 9.76. The lowest BCUT2D eigenvalue weighted by Crippen LogP contribution is -2.62. The third-order valence-corrected chi connectivity index (χ3v) is 19.7. The summed E-state index contributed by atoms with van der Waals surface area (Å²) in [7, 11) is -2.88. The number of aromatic nitrogens is 3. The SMILES string of the molecule is C=CC(=O)Nc1cc(Nc2nc(N3CCCC(N4CCc5c(sc6c5CCC(C)(C)C6)C4=O)C3C(C)O)cn(C)c2=O)ccc1N1CCN(C2CCN(c3ccnc(C4CCC(C)(OP(=O)(O)O)CC4)c3)[C@H](C)C2)C[C@@H]1C. The van der Waals surface area contributed by atoms with Gasteiger partial charge in [-0.1, -0.05) is 20.4 Å². The summed E-state index contributed by atoms with van der Waals surface area (Å²) in [6, 6.07) is 10.2. The fourth-order valence-corrected chi connectivity index (χ4v) is 16.1. The van der Waals surface area contributed by atoms with Crippen LogP contribution < -0.4 is 30.9 Å². The molecule has 20 heteroatoms. The zero-order chi connectivity index (χ0) is 54.7. The van der Waals surface area contributed by atoms with Crippen LogP contribution in [-0.2, 0) is 40.2 Å². The van der Waals surface area contributed by atoms with Crippen LogP contribution in [0.15, 0.2) is 60.2 Å². The number of piperidine rings is 2. The van der Waals surface area contributed by atoms with Gasteiger partial charge in [0.25, 0.3) is 11.5 Å². The zero-order valence-corrected chi connectivity index (χ0v) is 47.6. The van der Waals surface area contributed by atoms with Gasteiger partial charge in [0, 0.05) is 105 Å². The number of pyridine rings is 1. The molecular formula is C57H79N10O8PS. The molecule has 4 aliphatic heterocycles. The second-order valence-electron chi connectivity index (χ2n) is 24.0. The van der Waals surface area contributed by atoms with E-state index in [1.54, 1.807) is 38.4 Å². The van der Waals surface area contributed by atoms with Gasteiger partial charge in [-0.25, -0.2) is 9.55 Å². The number of carbonyl (C=O) groups excluding carboxylic acids is 2. The van der Waals surface area contributed by atoms with Crippen LogP contribution in [0.1, 0.15) is 137 Å². The summed E-state index contributed by atoms with van der Waals surface area (Å²) >= 11 is 1.68. The predicted octanol–water partition coefficient (Wildman–Crippen LogP) is 8.13. The Morgan fingerprint density at radius 2 is 1.71 bits per heavy atom. The third kappa shape index (κ3) is 11.6. The van der Waals surface area contributed by atoms with Gasteiger partial charge in [-0.05, 0) is 158 Å². The smallest absolute Gasteiger partial charge is 0.391 e. The summed E-state index contributed by atoms with van der Waals surface area (Å²) < 4.78 is 18.3. The minimum Gasteiger partial charge on any atom is -0.391 e. The second-order valence-corrected chi connectivity index (χ2v) is 26.2. The monoisotopic (exact) mass is 1090 g/mol. The number of aliphatic hydroxyl groups excluding tert-OH is 1. The van der Waals surface area contributed by atoms with Crippen molar-refractivity contribution in [1.82, 2.24) is 24.3 Å². The highest BCUT2D eigenvalue weighted by Crippen LogP contribution is 2.49. The average Bonchev–Trinajstić information content (AvgIpc) is 3.84. The van der Waals surface area contributed by atoms with E-state index in [1.165, 1.54) is 26.6 Å². The number of thiophene rings is 1. The molecule has 1 saturated carbocycles. The maximum atomic E-state index is 14.4. The largest absolute Gasteiger partial charge is 0.470 e. The Morgan fingerprint density at radius 1 is 0.935 bits per heavy atom. The number of hydrogen-bond donors (Lipinski definition) is 5. The van der Waals surface area contributed by atoms with Crippen LogP contribution in [0, 0.1) is 5.41 Å². The van der Waals surface area contributed by atoms with E-state index in [1.807, 2.05) is 29.3 Å². The molecule has 4 aromatic rings. The van der Waals surface area contributed by atoms with Crippen LogP contribution in [0.4, 0.5) is 34.4 Å². The van der Waals surface area contributed by atoms with Gasteiger partial charge in [0.2, 0.25) is 5.91 Å². The molecule has 6 atom stereocenters. The van der Waals surface area contributed by atoms with E-state index in [-0.39, 0.29) is 46.6 Å². The quantitative estimate of drug-likeness (QED) is 0.0633. The molecule has 4 unspecified atom stereocenters. The topological polar surface area (TPSA) is 209 Å². The molecule has 0 bridgehead atoms. The number of nitrogens with zero attached hydrogens (tertiary/aromatic N) is 8. The van der Waals surface area contributed by atoms with Gasteiger partial charge >= 0.3 is 7.82 Å². The summed E-state index contributed by atoms with van der Waals surface area (Å²) in [5.41, 5.74) is 5.86. The van der Waals surface area contributed by atoms with E-state index in [9.17, 15) is 33.8 Å². The number of aryl methyl sites for hydroxylation is 1. The number of rotatable bonds is 13. The van der Waals surface area contributed by atoms with Crippen molar-refractivity contribution in [1.29, 1.82) is 0 Å². The lowest BCUT2D eigenvalue weighted by molar-refractivity contribution is -0.111. The predicted molar refractivity (Wildman–Crippen MR) is 304 cm³/mol. The Bertz CT molecular complexity index is 2990. The van der Waals surface area contributed by atoms with Crippen LogP contribution in [0.25, 0.3) is 0 Å². The number of hydrogen-bond acceptors (Lipinski definition) is 14. The summed E-state index contributed by atoms with van der Waals surface area (Å²) in [6.45, 7) is 21.0. The number of fused-ring (bicyclic) bond motifs is 3. The molecule has 1 aromatic carbocycles. The standard InChI is InChI=1S/C57H79N10O8PS/c1-9-50(69)60-45-30-39(59-53-55(71)62(8)34-49(61-53)67-24-10-11-47(51(67)37(4)68)66-26-19-43-42-16-20-56(5,6)32-48(42)77-52(43)54(66)70)12-13-46(45)65-28-27-63(33-36(65)3)40-18-25-64(35(2)29-40)41-17-23-58-44(31-41)38-14-21-57(7,22-15-38)75-76(72,73)74/h9,12-13,17,23,30-31,34-38,40,47,51,68H,1,10-11,14-16,18-22,24-29,32-33H2,2-8H3,(H,59,61)(H,60,69)(H2,72,73,74)/t35-,36+,37?,38?,40?,47?,51?,57?/m1/s1. The van der Waals surface area contributed by atoms with Crippen molar-refractivity contribution in [2.45, 2.75) is 166 Å². The Balaban J connectivity index is 0.804. The average molecular weight is 1100 g/mol. The van der Waals surface area contributed by atoms with Gasteiger partial charge in [-0.2, -0.15) is 0 Å². The molecule has 3 saturated heterocycles. The molecule has 3 aromatic heterocycles. The van der Waals surface area contributed by atoms with Crippen molar-refractivity contribution in [3.8, 4) is 0 Å². The first-order valence-electron chi connectivity index (χ1n) is 27.9. The Hall–Kier alpha value is -5.14. The fourth-order valence-electron chi connectivity index (χ4n) is 13.8. The van der Waals surface area contributed by atoms with E-state index in [4.69, 9.17) is 14.5 Å². The number of carbonyl (C=O) groups is 2. The number of amides is 2. The summed E-state index contributed by atoms with van der Waals surface area (Å²) in [6.07, 6.45) is 14.2. The van der Waals surface area contributed by atoms with Crippen LogP contribution in [0.3, 0.4) is 0 Å². The number of anilines is 6. The van der Waals surface area contributed by atoms with E-state index < -0.39 is 25.6 Å². The van der Waals surface area contributed by atoms with Crippen LogP contribution in [-0.4, -0.2) is 132 Å². The number of phosphoric ester groups is 1. The minimum atomic E-state index is -4.57. The van der Waals surface area contributed by atoms with Gasteiger partial charge in [-0.3, -0.25) is 28.8 Å². The van der Waals surface area contributed by atoms with Gasteiger partial charge in [-0.15, -0.1) is 11.3 Å². The highest BCUT2D eigenvalue weighted by atomic mass is 32.1. The summed E-state index contributed by atoms with van der Waals surface area (Å²) in [4.78, 5) is 83.6. The lowest BCUT2D eigenvalue weighted by Gasteiger charge is -2.48. The molecule has 7 heterocycles. The Labute approximate surface area is 457 Å². The molecule has 0 spiro atoms. The molecule has 10 rings (SSSR count). The number of aliphatic hydroxyl groups is 1. The normalized spacial score (nSPS) is 27.4. The van der Waals surface area contributed by atoms with E-state index >= 15 is 0 Å². The van der Waals surface area contributed by atoms with E-state index in [2.05, 4.69) is 76.6 Å². The molecule has 18 nitrogen and oxygen atoms in total. The van der Waals surface area contributed by atoms with Crippen molar-refractivity contribution >= 4 is 65.4 Å². The first-order chi connectivity index (χ1) is 36.6. The molecule has 2 aliphatic carbocycles. The molecule has 2 amide bonds. The van der Waals surface area contributed by atoms with Crippen molar-refractivity contribution in [2.75, 3.05) is 64.6 Å². The Morgan fingerprint density at radius 3 is 2.43 bits per heavy atom. The number of piperazine rings is 1. The molecule has 5 N–H and O–H groups in total. The van der Waals surface area contributed by atoms with Gasteiger partial charge < -0.3 is 49.7 Å². The molecule has 416 valence electrons. The number of phosphoric acid groups is 1. The highest BCUT2D eigenvalue weighted by molar-refractivity contribution is 7.46. The van der Waals surface area contributed by atoms with Crippen molar-refractivity contribution < 1.29 is 33.6 Å². The number of nitrogens with one attached hydrogen (secondary N) is 2. The first kappa shape index (κ1) is 55.2. The molecule has 77 heavy (non-hydrogen) atoms. The summed E-state index contributed by atoms with van der Waals surface area (Å²) in [5, 5.41) is 17.9. The molecule has 6 aliphatic rings. The maximum absolute atomic E-state index is 14.4. The zero-order valence-electron chi connectivity index (χ0n) is 45.9. The van der Waals surface area contributed by atoms with Crippen LogP contribution in [0.5, 0.6) is 0 Å². The Kier molecular flexibility index (Phi) is 15.6. The van der Waals surface area contributed by atoms with Gasteiger partial charge in [0.1, 0.15) is 5.82 Å². The second kappa shape index (κ2) is 21.8. The van der Waals surface area contributed by atoms with Crippen molar-refractivity contribution in [2.24, 2.45) is 12.5 Å². The van der Waals surface area contributed by atoms with Gasteiger partial charge in [0.05, 0.1) is 40.0 Å². The van der Waals surface area contributed by atoms with Gasteiger partial charge in [0.15, 0.2) is 5.82 Å².